The predicted molar refractivity (Wildman–Crippen MR) is 91.3 cm³/mol. The smallest absolute Gasteiger partial charge is 0.277 e. The Balaban J connectivity index is 1.81. The molecule has 0 bridgehead atoms. The topological polar surface area (TPSA) is 74.5 Å². The molecule has 0 saturated heterocycles. The maximum Gasteiger partial charge on any atom is 0.277 e. The van der Waals surface area contributed by atoms with Crippen LogP contribution in [0.4, 0.5) is 0 Å². The van der Waals surface area contributed by atoms with Gasteiger partial charge in [0.15, 0.2) is 6.61 Å². The highest BCUT2D eigenvalue weighted by Gasteiger charge is 2.03. The van der Waals surface area contributed by atoms with Crippen LogP contribution in [0, 0.1) is 18.3 Å². The molecule has 0 fully saturated rings. The third-order valence-corrected chi connectivity index (χ3v) is 3.83. The van der Waals surface area contributed by atoms with Gasteiger partial charge >= 0.3 is 0 Å². The van der Waals surface area contributed by atoms with Gasteiger partial charge in [0, 0.05) is 4.47 Å². The minimum atomic E-state index is -0.351. The summed E-state index contributed by atoms with van der Waals surface area (Å²) in [5.41, 5.74) is 4.78. The number of nitrogens with zero attached hydrogens (tertiary/aromatic N) is 2. The molecule has 5 nitrogen and oxygen atoms in total. The van der Waals surface area contributed by atoms with Crippen molar-refractivity contribution >= 4 is 28.1 Å². The number of nitriles is 1. The quantitative estimate of drug-likeness (QED) is 0.647. The molecule has 1 amide bonds. The SMILES string of the molecule is Cc1cc(OCC(=O)NN=Cc2ccc(C#N)cc2)ccc1Br. The third kappa shape index (κ3) is 5.24. The van der Waals surface area contributed by atoms with Gasteiger partial charge in [0.1, 0.15) is 5.75 Å². The molecule has 0 radical (unpaired) electrons. The van der Waals surface area contributed by atoms with E-state index >= 15 is 0 Å². The monoisotopic (exact) mass is 371 g/mol. The zero-order valence-corrected chi connectivity index (χ0v) is 14.0. The van der Waals surface area contributed by atoms with Crippen LogP contribution in [0.15, 0.2) is 52.0 Å². The van der Waals surface area contributed by atoms with Crippen LogP contribution < -0.4 is 10.2 Å². The molecule has 1 N–H and O–H groups in total. The second-order valence-electron chi connectivity index (χ2n) is 4.73. The number of ether oxygens (including phenoxy) is 1. The second kappa shape index (κ2) is 8.11. The summed E-state index contributed by atoms with van der Waals surface area (Å²) >= 11 is 3.40. The molecule has 6 heteroatoms. The van der Waals surface area contributed by atoms with E-state index in [-0.39, 0.29) is 12.5 Å². The number of amides is 1. The van der Waals surface area contributed by atoms with E-state index in [4.69, 9.17) is 10.00 Å². The standard InChI is InChI=1S/C17H14BrN3O2/c1-12-8-15(6-7-16(12)18)23-11-17(22)21-20-10-14-4-2-13(9-19)3-5-14/h2-8,10H,11H2,1H3,(H,21,22). The van der Waals surface area contributed by atoms with Crippen LogP contribution in [0.5, 0.6) is 5.75 Å². The lowest BCUT2D eigenvalue weighted by Gasteiger charge is -2.06. The fraction of sp³-hybridized carbons (Fsp3) is 0.118. The number of nitrogens with one attached hydrogen (secondary N) is 1. The van der Waals surface area contributed by atoms with Crippen molar-refractivity contribution in [1.82, 2.24) is 5.43 Å². The van der Waals surface area contributed by atoms with Gasteiger partial charge in [-0.1, -0.05) is 28.1 Å². The molecule has 0 spiro atoms. The number of rotatable bonds is 5. The number of benzene rings is 2. The van der Waals surface area contributed by atoms with Gasteiger partial charge in [0.05, 0.1) is 17.8 Å². The van der Waals surface area contributed by atoms with Crippen molar-refractivity contribution in [1.29, 1.82) is 5.26 Å². The summed E-state index contributed by atoms with van der Waals surface area (Å²) in [4.78, 5) is 11.7. The van der Waals surface area contributed by atoms with Crippen LogP contribution >= 0.6 is 15.9 Å². The highest BCUT2D eigenvalue weighted by molar-refractivity contribution is 9.10. The first-order valence-corrected chi connectivity index (χ1v) is 7.59. The highest BCUT2D eigenvalue weighted by Crippen LogP contribution is 2.21. The Hall–Kier alpha value is -2.65. The zero-order chi connectivity index (χ0) is 16.7. The summed E-state index contributed by atoms with van der Waals surface area (Å²) in [5.74, 6) is 0.271. The van der Waals surface area contributed by atoms with E-state index in [0.717, 1.165) is 15.6 Å². The van der Waals surface area contributed by atoms with Crippen molar-refractivity contribution in [3.8, 4) is 11.8 Å². The zero-order valence-electron chi connectivity index (χ0n) is 12.4. The maximum absolute atomic E-state index is 11.7. The number of hydrogen-bond acceptors (Lipinski definition) is 4. The number of halogens is 1. The van der Waals surface area contributed by atoms with Gasteiger partial charge in [-0.05, 0) is 48.4 Å². The van der Waals surface area contributed by atoms with Crippen LogP contribution in [-0.2, 0) is 4.79 Å². The fourth-order valence-electron chi connectivity index (χ4n) is 1.71. The Kier molecular flexibility index (Phi) is 5.89. The normalized spacial score (nSPS) is 10.3. The van der Waals surface area contributed by atoms with E-state index in [1.54, 1.807) is 30.3 Å². The summed E-state index contributed by atoms with van der Waals surface area (Å²) in [6.07, 6.45) is 1.50. The van der Waals surface area contributed by atoms with Gasteiger partial charge in [-0.25, -0.2) is 5.43 Å². The lowest BCUT2D eigenvalue weighted by Crippen LogP contribution is -2.24. The van der Waals surface area contributed by atoms with Crippen molar-refractivity contribution in [3.05, 3.63) is 63.6 Å². The summed E-state index contributed by atoms with van der Waals surface area (Å²) in [7, 11) is 0. The Bertz CT molecular complexity index is 764. The van der Waals surface area contributed by atoms with Crippen molar-refractivity contribution in [2.45, 2.75) is 6.92 Å². The van der Waals surface area contributed by atoms with E-state index in [2.05, 4.69) is 26.5 Å². The molecular weight excluding hydrogens is 358 g/mol. The van der Waals surface area contributed by atoms with Crippen LogP contribution in [0.3, 0.4) is 0 Å². The molecule has 2 rings (SSSR count). The lowest BCUT2D eigenvalue weighted by molar-refractivity contribution is -0.123. The molecule has 116 valence electrons. The molecule has 0 aliphatic rings. The first kappa shape index (κ1) is 16.7. The first-order chi connectivity index (χ1) is 11.1. The van der Waals surface area contributed by atoms with Crippen molar-refractivity contribution in [3.63, 3.8) is 0 Å². The number of aryl methyl sites for hydroxylation is 1. The number of hydrazone groups is 1. The van der Waals surface area contributed by atoms with Crippen LogP contribution in [-0.4, -0.2) is 18.7 Å². The molecule has 0 aliphatic heterocycles. The summed E-state index contributed by atoms with van der Waals surface area (Å²) in [6.45, 7) is 1.82. The lowest BCUT2D eigenvalue weighted by atomic mass is 10.2. The van der Waals surface area contributed by atoms with Gasteiger partial charge in [-0.15, -0.1) is 0 Å². The number of hydrogen-bond donors (Lipinski definition) is 1. The largest absolute Gasteiger partial charge is 0.484 e. The number of carbonyl (C=O) groups excluding carboxylic acids is 1. The maximum atomic E-state index is 11.7. The highest BCUT2D eigenvalue weighted by atomic mass is 79.9. The summed E-state index contributed by atoms with van der Waals surface area (Å²) in [5, 5.41) is 12.6. The minimum absolute atomic E-state index is 0.119. The third-order valence-electron chi connectivity index (χ3n) is 2.94. The Morgan fingerprint density at radius 1 is 1.35 bits per heavy atom. The van der Waals surface area contributed by atoms with Gasteiger partial charge in [-0.2, -0.15) is 10.4 Å². The Morgan fingerprint density at radius 2 is 2.09 bits per heavy atom. The van der Waals surface area contributed by atoms with Crippen molar-refractivity contribution < 1.29 is 9.53 Å². The Labute approximate surface area is 142 Å². The summed E-state index contributed by atoms with van der Waals surface area (Å²) < 4.78 is 6.38. The fourth-order valence-corrected chi connectivity index (χ4v) is 1.96. The molecular formula is C17H14BrN3O2. The van der Waals surface area contributed by atoms with Crippen LogP contribution in [0.25, 0.3) is 0 Å². The van der Waals surface area contributed by atoms with Gasteiger partial charge in [-0.3, -0.25) is 4.79 Å². The molecule has 0 atom stereocenters. The van der Waals surface area contributed by atoms with Gasteiger partial charge < -0.3 is 4.74 Å². The average Bonchev–Trinajstić information content (AvgIpc) is 2.56. The molecule has 23 heavy (non-hydrogen) atoms. The van der Waals surface area contributed by atoms with E-state index < -0.39 is 0 Å². The molecule has 0 saturated carbocycles. The molecule has 2 aromatic carbocycles. The van der Waals surface area contributed by atoms with Gasteiger partial charge in [0.25, 0.3) is 5.91 Å². The molecule has 0 aliphatic carbocycles. The molecule has 2 aromatic rings. The average molecular weight is 372 g/mol. The Morgan fingerprint density at radius 3 is 2.74 bits per heavy atom. The van der Waals surface area contributed by atoms with Crippen LogP contribution in [0.2, 0.25) is 0 Å². The summed E-state index contributed by atoms with van der Waals surface area (Å²) in [6, 6.07) is 14.4. The van der Waals surface area contributed by atoms with E-state index in [1.165, 1.54) is 6.21 Å². The molecule has 0 heterocycles. The molecule has 0 aromatic heterocycles. The van der Waals surface area contributed by atoms with Gasteiger partial charge in [0.2, 0.25) is 0 Å². The van der Waals surface area contributed by atoms with Crippen LogP contribution in [0.1, 0.15) is 16.7 Å². The van der Waals surface area contributed by atoms with E-state index in [1.807, 2.05) is 25.1 Å². The first-order valence-electron chi connectivity index (χ1n) is 6.79. The van der Waals surface area contributed by atoms with Crippen molar-refractivity contribution in [2.24, 2.45) is 5.10 Å². The predicted octanol–water partition coefficient (Wildman–Crippen LogP) is 3.16. The van der Waals surface area contributed by atoms with E-state index in [0.29, 0.717) is 11.3 Å². The minimum Gasteiger partial charge on any atom is -0.484 e. The molecule has 0 unspecified atom stereocenters. The second-order valence-corrected chi connectivity index (χ2v) is 5.58. The number of carbonyl (C=O) groups is 1. The van der Waals surface area contributed by atoms with Crippen molar-refractivity contribution in [2.75, 3.05) is 6.61 Å². The van der Waals surface area contributed by atoms with E-state index in [9.17, 15) is 4.79 Å².